The summed E-state index contributed by atoms with van der Waals surface area (Å²) in [6, 6.07) is 177. The molecule has 0 spiro atoms. The standard InChI is InChI=1S/C48H30N4S.C43H27N3O.C43H27N3S/c1-4-11-34(12-5-1)45-50-46(35-13-6-2-7-14-35)52-47(51-45)40-18-10-17-37(30-40)31-19-21-32(22-20-31)38-25-27-41-39(29-38)24-23-33-26-28-42-44(43(33)41)49-48(53-42)36-15-8-3-9-16-36;1-4-11-28(12-5-1)32-17-10-18-34(25-32)39-27-38(29-13-6-2-7-14-29)44-42(45-39)35-21-23-36-33(26-35)20-19-30-22-24-37-41(40(30)36)47-43(46-37)31-15-8-3-9-16-31;1-4-11-28(12-5-1)32-17-10-18-34(25-32)38-27-37(29-13-6-2-7-14-29)44-42(45-38)35-21-23-36-33(26-35)20-19-30-22-24-39-41(40(30)36)46-43(47-39)31-15-8-3-9-16-31/h1-30H;2*1-27H. The molecule has 6 aromatic heterocycles. The van der Waals surface area contributed by atoms with E-state index in [0.717, 1.165) is 171 Å². The van der Waals surface area contributed by atoms with Gasteiger partial charge < -0.3 is 4.42 Å². The molecule has 0 bridgehead atoms. The maximum atomic E-state index is 6.43. The van der Waals surface area contributed by atoms with E-state index in [2.05, 4.69) is 364 Å². The van der Waals surface area contributed by atoms with Crippen molar-refractivity contribution in [3.8, 4) is 179 Å². The first-order valence-corrected chi connectivity index (χ1v) is 50.6. The zero-order valence-corrected chi connectivity index (χ0v) is 80.8. The molecular formula is C134H84N10OS2. The average molecular weight is 1910 g/mol. The molecule has 0 N–H and O–H groups in total. The number of fused-ring (bicyclic) bond motifs is 15. The molecule has 0 aliphatic heterocycles. The smallest absolute Gasteiger partial charge is 0.227 e. The van der Waals surface area contributed by atoms with Gasteiger partial charge in [-0.2, -0.15) is 0 Å². The Hall–Kier alpha value is -19.2. The van der Waals surface area contributed by atoms with Crippen LogP contribution in [0, 0.1) is 0 Å². The van der Waals surface area contributed by atoms with Crippen molar-refractivity contribution in [2.24, 2.45) is 0 Å². The van der Waals surface area contributed by atoms with Gasteiger partial charge in [-0.25, -0.2) is 49.8 Å². The van der Waals surface area contributed by atoms with Gasteiger partial charge in [-0.05, 0) is 172 Å². The predicted molar refractivity (Wildman–Crippen MR) is 610 cm³/mol. The van der Waals surface area contributed by atoms with Crippen LogP contribution in [0.25, 0.3) is 275 Å². The van der Waals surface area contributed by atoms with E-state index in [1.54, 1.807) is 22.7 Å². The Morgan fingerprint density at radius 2 is 0.422 bits per heavy atom. The van der Waals surface area contributed by atoms with Gasteiger partial charge >= 0.3 is 0 Å². The highest BCUT2D eigenvalue weighted by atomic mass is 32.1. The van der Waals surface area contributed by atoms with Gasteiger partial charge in [0.25, 0.3) is 0 Å². The molecule has 0 atom stereocenters. The van der Waals surface area contributed by atoms with Crippen molar-refractivity contribution in [3.05, 3.63) is 510 Å². The van der Waals surface area contributed by atoms with Crippen LogP contribution in [0.2, 0.25) is 0 Å². The Balaban J connectivity index is 0.000000112. The fourth-order valence-electron chi connectivity index (χ4n) is 19.8. The van der Waals surface area contributed by atoms with E-state index in [1.165, 1.54) is 69.4 Å². The van der Waals surface area contributed by atoms with Crippen LogP contribution in [0.4, 0.5) is 0 Å². The minimum Gasteiger partial charge on any atom is -0.435 e. The lowest BCUT2D eigenvalue weighted by Gasteiger charge is -2.12. The Kier molecular flexibility index (Phi) is 23.2. The molecule has 0 radical (unpaired) electrons. The first-order chi connectivity index (χ1) is 72.8. The van der Waals surface area contributed by atoms with Crippen LogP contribution in [0.3, 0.4) is 0 Å². The lowest BCUT2D eigenvalue weighted by Crippen LogP contribution is -2.00. The molecule has 11 nitrogen and oxygen atoms in total. The summed E-state index contributed by atoms with van der Waals surface area (Å²) in [6.45, 7) is 0. The summed E-state index contributed by atoms with van der Waals surface area (Å²) < 4.78 is 8.82. The molecule has 147 heavy (non-hydrogen) atoms. The van der Waals surface area contributed by atoms with E-state index < -0.39 is 0 Å². The van der Waals surface area contributed by atoms with E-state index in [-0.39, 0.29) is 0 Å². The molecule has 13 heteroatoms. The fourth-order valence-corrected chi connectivity index (χ4v) is 21.7. The van der Waals surface area contributed by atoms with Gasteiger partial charge in [0.15, 0.2) is 34.7 Å². The van der Waals surface area contributed by atoms with E-state index in [9.17, 15) is 0 Å². The van der Waals surface area contributed by atoms with E-state index in [1.807, 2.05) is 146 Å². The zero-order chi connectivity index (χ0) is 97.5. The fraction of sp³-hybridized carbons (Fsp3) is 0. The second-order valence-corrected chi connectivity index (χ2v) is 38.5. The molecule has 28 aromatic rings. The summed E-state index contributed by atoms with van der Waals surface area (Å²) in [4.78, 5) is 50.4. The van der Waals surface area contributed by atoms with Gasteiger partial charge in [-0.1, -0.05) is 431 Å². The largest absolute Gasteiger partial charge is 0.435 e. The van der Waals surface area contributed by atoms with Crippen molar-refractivity contribution < 1.29 is 4.42 Å². The third-order valence-electron chi connectivity index (χ3n) is 27.1. The maximum absolute atomic E-state index is 6.43. The molecular weight excluding hydrogens is 1830 g/mol. The van der Waals surface area contributed by atoms with Gasteiger partial charge in [0.1, 0.15) is 15.5 Å². The number of thiazole rings is 2. The second kappa shape index (κ2) is 38.7. The molecule has 0 aliphatic rings. The monoisotopic (exact) mass is 1910 g/mol. The van der Waals surface area contributed by atoms with Crippen LogP contribution in [-0.2, 0) is 0 Å². The number of nitrogens with zero attached hydrogens (tertiary/aromatic N) is 10. The Bertz CT molecular complexity index is 9410. The van der Waals surface area contributed by atoms with Crippen LogP contribution in [0.15, 0.2) is 514 Å². The number of oxazole rings is 1. The van der Waals surface area contributed by atoms with Gasteiger partial charge in [0, 0.05) is 82.9 Å². The third-order valence-corrected chi connectivity index (χ3v) is 29.3. The van der Waals surface area contributed by atoms with Gasteiger partial charge in [-0.15, -0.1) is 22.7 Å². The topological polar surface area (TPSA) is 142 Å². The van der Waals surface area contributed by atoms with Crippen LogP contribution < -0.4 is 0 Å². The number of hydrogen-bond donors (Lipinski definition) is 0. The highest BCUT2D eigenvalue weighted by Crippen LogP contribution is 2.45. The molecule has 0 fully saturated rings. The highest BCUT2D eigenvalue weighted by Gasteiger charge is 2.23. The van der Waals surface area contributed by atoms with Crippen molar-refractivity contribution in [1.82, 2.24) is 49.8 Å². The number of benzene rings is 22. The molecule has 0 unspecified atom stereocenters. The molecule has 0 saturated carbocycles. The molecule has 0 saturated heterocycles. The van der Waals surface area contributed by atoms with Crippen molar-refractivity contribution in [3.63, 3.8) is 0 Å². The summed E-state index contributed by atoms with van der Waals surface area (Å²) in [6.07, 6.45) is 0. The summed E-state index contributed by atoms with van der Waals surface area (Å²) in [5.41, 5.74) is 28.8. The minimum absolute atomic E-state index is 0.622. The normalized spacial score (nSPS) is 11.4. The number of hydrogen-bond acceptors (Lipinski definition) is 13. The second-order valence-electron chi connectivity index (χ2n) is 36.4. The lowest BCUT2D eigenvalue weighted by atomic mass is 9.95. The molecule has 6 heterocycles. The summed E-state index contributed by atoms with van der Waals surface area (Å²) in [7, 11) is 0. The maximum Gasteiger partial charge on any atom is 0.227 e. The Labute approximate surface area is 855 Å². The van der Waals surface area contributed by atoms with Crippen LogP contribution in [0.5, 0.6) is 0 Å². The van der Waals surface area contributed by atoms with E-state index in [4.69, 9.17) is 54.3 Å². The lowest BCUT2D eigenvalue weighted by molar-refractivity contribution is 0.623. The molecule has 28 rings (SSSR count). The van der Waals surface area contributed by atoms with Crippen LogP contribution in [-0.4, -0.2) is 49.8 Å². The van der Waals surface area contributed by atoms with Crippen molar-refractivity contribution in [1.29, 1.82) is 0 Å². The van der Waals surface area contributed by atoms with Crippen molar-refractivity contribution in [2.75, 3.05) is 0 Å². The number of rotatable bonds is 16. The minimum atomic E-state index is 0.622. The molecule has 0 amide bonds. The first kappa shape index (κ1) is 88.0. The van der Waals surface area contributed by atoms with Crippen molar-refractivity contribution in [2.45, 2.75) is 0 Å². The summed E-state index contributed by atoms with van der Waals surface area (Å²) in [5.74, 6) is 3.95. The molecule has 22 aromatic carbocycles. The summed E-state index contributed by atoms with van der Waals surface area (Å²) in [5, 5.41) is 16.0. The molecule has 0 aliphatic carbocycles. The Morgan fingerprint density at radius 3 is 0.837 bits per heavy atom. The zero-order valence-electron chi connectivity index (χ0n) is 79.2. The number of aromatic nitrogens is 10. The molecule has 688 valence electrons. The van der Waals surface area contributed by atoms with E-state index in [0.29, 0.717) is 35.0 Å². The summed E-state index contributed by atoms with van der Waals surface area (Å²) >= 11 is 3.49. The van der Waals surface area contributed by atoms with Crippen LogP contribution in [0.1, 0.15) is 0 Å². The quantitative estimate of drug-likeness (QED) is 0.0853. The predicted octanol–water partition coefficient (Wildman–Crippen LogP) is 35.8. The Morgan fingerprint density at radius 1 is 0.156 bits per heavy atom. The van der Waals surface area contributed by atoms with E-state index >= 15 is 0 Å². The van der Waals surface area contributed by atoms with Crippen molar-refractivity contribution >= 4 is 119 Å². The SMILES string of the molecule is c1ccc(-c2cccc(-c3cc(-c4ccccc4)nc(-c4ccc5c(ccc6ccc7nc(-c8ccccc8)oc7c65)c4)n3)c2)cc1.c1ccc(-c2cccc(-c3cc(-c4ccccc4)nc(-c4ccc5c(ccc6ccc7sc(-c8ccccc8)nc7c65)c4)n3)c2)cc1.c1ccc(-c2nc(-c3ccccc3)nc(-c3cccc(-c4ccc(-c5ccc6c(ccc7ccc8sc(-c9ccccc9)nc8c76)c5)cc4)c3)n2)cc1. The van der Waals surface area contributed by atoms with Gasteiger partial charge in [-0.3, -0.25) is 0 Å². The highest BCUT2D eigenvalue weighted by molar-refractivity contribution is 7.22. The average Bonchev–Trinajstić information content (AvgIpc) is 1.67. The van der Waals surface area contributed by atoms with Gasteiger partial charge in [0.2, 0.25) is 5.89 Å². The third kappa shape index (κ3) is 17.7. The first-order valence-electron chi connectivity index (χ1n) is 49.0. The van der Waals surface area contributed by atoms with Crippen LogP contribution >= 0.6 is 22.7 Å². The van der Waals surface area contributed by atoms with Gasteiger partial charge in [0.05, 0.1) is 43.2 Å².